The van der Waals surface area contributed by atoms with Gasteiger partial charge in [0.2, 0.25) is 0 Å². The van der Waals surface area contributed by atoms with E-state index in [1.165, 1.54) is 0 Å². The summed E-state index contributed by atoms with van der Waals surface area (Å²) < 4.78 is 0.896. The van der Waals surface area contributed by atoms with Crippen molar-refractivity contribution in [1.82, 2.24) is 16.0 Å². The second-order valence-corrected chi connectivity index (χ2v) is 6.29. The molecule has 1 aromatic rings. The minimum Gasteiger partial charge on any atom is -0.356 e. The van der Waals surface area contributed by atoms with Gasteiger partial charge in [-0.25, -0.2) is 0 Å². The molecule has 0 heterocycles. The molecular formula is C16H26BrIN4O. The van der Waals surface area contributed by atoms with Crippen LogP contribution >= 0.6 is 39.9 Å². The van der Waals surface area contributed by atoms with Crippen molar-refractivity contribution in [2.24, 2.45) is 10.9 Å². The molecule has 130 valence electrons. The van der Waals surface area contributed by atoms with Gasteiger partial charge in [0, 0.05) is 36.7 Å². The van der Waals surface area contributed by atoms with Crippen LogP contribution in [-0.2, 0) is 0 Å². The number of carbonyl (C=O) groups excluding carboxylic acids is 1. The fraction of sp³-hybridized carbons (Fsp3) is 0.500. The Morgan fingerprint density at radius 1 is 1.17 bits per heavy atom. The SMILES string of the molecule is CN=C(NCCNC(=O)c1cccc(Br)c1)NCCC(C)C.I. The zero-order chi connectivity index (χ0) is 16.4. The fourth-order valence-corrected chi connectivity index (χ4v) is 2.19. The van der Waals surface area contributed by atoms with Crippen LogP contribution < -0.4 is 16.0 Å². The Kier molecular flexibility index (Phi) is 12.1. The highest BCUT2D eigenvalue weighted by Gasteiger charge is 2.05. The first-order valence-corrected chi connectivity index (χ1v) is 8.30. The van der Waals surface area contributed by atoms with E-state index in [2.05, 4.69) is 50.7 Å². The monoisotopic (exact) mass is 496 g/mol. The van der Waals surface area contributed by atoms with Crippen molar-refractivity contribution >= 4 is 51.8 Å². The number of rotatable bonds is 7. The van der Waals surface area contributed by atoms with Gasteiger partial charge in [-0.15, -0.1) is 24.0 Å². The van der Waals surface area contributed by atoms with E-state index in [1.54, 1.807) is 19.2 Å². The molecule has 0 radical (unpaired) electrons. The molecule has 5 nitrogen and oxygen atoms in total. The van der Waals surface area contributed by atoms with E-state index in [1.807, 2.05) is 12.1 Å². The first-order valence-electron chi connectivity index (χ1n) is 7.51. The van der Waals surface area contributed by atoms with Crippen molar-refractivity contribution in [1.29, 1.82) is 0 Å². The van der Waals surface area contributed by atoms with Crippen LogP contribution in [-0.4, -0.2) is 38.5 Å². The Labute approximate surface area is 164 Å². The molecular weight excluding hydrogens is 471 g/mol. The van der Waals surface area contributed by atoms with E-state index in [4.69, 9.17) is 0 Å². The van der Waals surface area contributed by atoms with Gasteiger partial charge in [-0.2, -0.15) is 0 Å². The third-order valence-corrected chi connectivity index (χ3v) is 3.52. The fourth-order valence-electron chi connectivity index (χ4n) is 1.79. The van der Waals surface area contributed by atoms with Crippen molar-refractivity contribution in [3.8, 4) is 0 Å². The number of nitrogens with zero attached hydrogens (tertiary/aromatic N) is 1. The van der Waals surface area contributed by atoms with Gasteiger partial charge in [0.05, 0.1) is 0 Å². The van der Waals surface area contributed by atoms with Gasteiger partial charge in [-0.1, -0.05) is 35.8 Å². The normalized spacial score (nSPS) is 10.9. The maximum absolute atomic E-state index is 12.0. The Hall–Kier alpha value is -0.830. The van der Waals surface area contributed by atoms with Crippen LogP contribution in [0.3, 0.4) is 0 Å². The molecule has 0 unspecified atom stereocenters. The topological polar surface area (TPSA) is 65.5 Å². The average Bonchev–Trinajstić information content (AvgIpc) is 2.49. The van der Waals surface area contributed by atoms with Crippen molar-refractivity contribution in [3.05, 3.63) is 34.3 Å². The second-order valence-electron chi connectivity index (χ2n) is 5.37. The van der Waals surface area contributed by atoms with E-state index in [9.17, 15) is 4.79 Å². The number of nitrogens with one attached hydrogen (secondary N) is 3. The van der Waals surface area contributed by atoms with Gasteiger partial charge in [0.1, 0.15) is 0 Å². The predicted octanol–water partition coefficient (Wildman–Crippen LogP) is 3.01. The number of carbonyl (C=O) groups is 1. The van der Waals surface area contributed by atoms with Crippen LogP contribution in [0.5, 0.6) is 0 Å². The molecule has 7 heteroatoms. The molecule has 0 aliphatic carbocycles. The number of benzene rings is 1. The lowest BCUT2D eigenvalue weighted by atomic mass is 10.1. The van der Waals surface area contributed by atoms with Crippen molar-refractivity contribution in [2.45, 2.75) is 20.3 Å². The number of amides is 1. The number of hydrogen-bond acceptors (Lipinski definition) is 2. The number of aliphatic imine (C=N–C) groups is 1. The maximum Gasteiger partial charge on any atom is 0.251 e. The van der Waals surface area contributed by atoms with Crippen LogP contribution in [0.4, 0.5) is 0 Å². The van der Waals surface area contributed by atoms with Crippen LogP contribution in [0.2, 0.25) is 0 Å². The van der Waals surface area contributed by atoms with Crippen LogP contribution in [0.15, 0.2) is 33.7 Å². The molecule has 0 aromatic heterocycles. The molecule has 3 N–H and O–H groups in total. The highest BCUT2D eigenvalue weighted by atomic mass is 127. The van der Waals surface area contributed by atoms with Gasteiger partial charge in [-0.3, -0.25) is 9.79 Å². The van der Waals surface area contributed by atoms with Crippen molar-refractivity contribution in [2.75, 3.05) is 26.7 Å². The van der Waals surface area contributed by atoms with E-state index in [0.717, 1.165) is 23.4 Å². The van der Waals surface area contributed by atoms with Gasteiger partial charge < -0.3 is 16.0 Å². The summed E-state index contributed by atoms with van der Waals surface area (Å²) in [6, 6.07) is 7.33. The summed E-state index contributed by atoms with van der Waals surface area (Å²) in [5, 5.41) is 9.30. The van der Waals surface area contributed by atoms with Crippen LogP contribution in [0, 0.1) is 5.92 Å². The lowest BCUT2D eigenvalue weighted by molar-refractivity contribution is 0.0954. The molecule has 23 heavy (non-hydrogen) atoms. The molecule has 1 aromatic carbocycles. The number of hydrogen-bond donors (Lipinski definition) is 3. The summed E-state index contributed by atoms with van der Waals surface area (Å²) in [6.45, 7) is 6.43. The lowest BCUT2D eigenvalue weighted by Gasteiger charge is -2.13. The van der Waals surface area contributed by atoms with E-state index >= 15 is 0 Å². The Morgan fingerprint density at radius 2 is 1.83 bits per heavy atom. The summed E-state index contributed by atoms with van der Waals surface area (Å²) in [7, 11) is 1.74. The van der Waals surface area contributed by atoms with Gasteiger partial charge >= 0.3 is 0 Å². The van der Waals surface area contributed by atoms with E-state index in [0.29, 0.717) is 24.6 Å². The number of halogens is 2. The molecule has 0 saturated heterocycles. The summed E-state index contributed by atoms with van der Waals surface area (Å²) in [4.78, 5) is 16.1. The Morgan fingerprint density at radius 3 is 2.43 bits per heavy atom. The largest absolute Gasteiger partial charge is 0.356 e. The minimum absolute atomic E-state index is 0. The molecule has 0 fully saturated rings. The maximum atomic E-state index is 12.0. The molecule has 0 saturated carbocycles. The third-order valence-electron chi connectivity index (χ3n) is 3.03. The Bertz CT molecular complexity index is 509. The van der Waals surface area contributed by atoms with Crippen LogP contribution in [0.25, 0.3) is 0 Å². The second kappa shape index (κ2) is 12.6. The minimum atomic E-state index is -0.0779. The Balaban J connectivity index is 0.00000484. The zero-order valence-electron chi connectivity index (χ0n) is 13.9. The molecule has 0 spiro atoms. The quantitative estimate of drug-likeness (QED) is 0.235. The highest BCUT2D eigenvalue weighted by molar-refractivity contribution is 14.0. The van der Waals surface area contributed by atoms with Gasteiger partial charge in [0.25, 0.3) is 5.91 Å². The van der Waals surface area contributed by atoms with Gasteiger partial charge in [0.15, 0.2) is 5.96 Å². The summed E-state index contributed by atoms with van der Waals surface area (Å²) in [6.07, 6.45) is 1.10. The molecule has 0 bridgehead atoms. The van der Waals surface area contributed by atoms with E-state index in [-0.39, 0.29) is 29.9 Å². The zero-order valence-corrected chi connectivity index (χ0v) is 17.8. The number of guanidine groups is 1. The summed E-state index contributed by atoms with van der Waals surface area (Å²) in [5.74, 6) is 1.35. The lowest BCUT2D eigenvalue weighted by Crippen LogP contribution is -2.42. The first-order chi connectivity index (χ1) is 10.5. The molecule has 0 aliphatic heterocycles. The summed E-state index contributed by atoms with van der Waals surface area (Å²) in [5.41, 5.74) is 0.647. The first kappa shape index (κ1) is 22.2. The van der Waals surface area contributed by atoms with E-state index < -0.39 is 0 Å². The van der Waals surface area contributed by atoms with Crippen molar-refractivity contribution in [3.63, 3.8) is 0 Å². The summed E-state index contributed by atoms with van der Waals surface area (Å²) >= 11 is 3.36. The van der Waals surface area contributed by atoms with Crippen LogP contribution in [0.1, 0.15) is 30.6 Å². The molecule has 1 amide bonds. The highest BCUT2D eigenvalue weighted by Crippen LogP contribution is 2.11. The predicted molar refractivity (Wildman–Crippen MR) is 111 cm³/mol. The standard InChI is InChI=1S/C16H25BrN4O.HI/c1-12(2)7-8-20-16(18-3)21-10-9-19-15(22)13-5-4-6-14(17)11-13;/h4-6,11-12H,7-10H2,1-3H3,(H,19,22)(H2,18,20,21);1H. The smallest absolute Gasteiger partial charge is 0.251 e. The third kappa shape index (κ3) is 9.80. The average molecular weight is 497 g/mol. The molecule has 0 aliphatic rings. The van der Waals surface area contributed by atoms with Gasteiger partial charge in [-0.05, 0) is 30.5 Å². The van der Waals surface area contributed by atoms with Crippen molar-refractivity contribution < 1.29 is 4.79 Å². The molecule has 0 atom stereocenters. The molecule has 1 rings (SSSR count).